The molecule has 1 N–H and O–H groups in total. The van der Waals surface area contributed by atoms with E-state index in [1.54, 1.807) is 12.4 Å². The van der Waals surface area contributed by atoms with Crippen molar-refractivity contribution in [3.8, 4) is 11.4 Å². The fourth-order valence-electron chi connectivity index (χ4n) is 3.66. The highest BCUT2D eigenvalue weighted by Crippen LogP contribution is 2.17. The number of nitrogens with zero attached hydrogens (tertiary/aromatic N) is 5. The van der Waals surface area contributed by atoms with Crippen molar-refractivity contribution in [2.45, 2.75) is 18.9 Å². The van der Waals surface area contributed by atoms with E-state index in [1.165, 1.54) is 0 Å². The van der Waals surface area contributed by atoms with Crippen LogP contribution in [-0.4, -0.2) is 70.6 Å². The first-order valence-electron chi connectivity index (χ1n) is 10.7. The number of aryl methyl sites for hydroxylation is 1. The first kappa shape index (κ1) is 21.1. The molecule has 0 aliphatic carbocycles. The van der Waals surface area contributed by atoms with Crippen LogP contribution in [0, 0.1) is 0 Å². The van der Waals surface area contributed by atoms with E-state index in [2.05, 4.69) is 49.4 Å². The van der Waals surface area contributed by atoms with Gasteiger partial charge >= 0.3 is 0 Å². The SMILES string of the molecule is CN1CCN(CC(NC(=O)CCc2nc(-c3cccnc3)no2)c2ccccc2)CC1. The second kappa shape index (κ2) is 10.3. The number of hydrogen-bond donors (Lipinski definition) is 1. The summed E-state index contributed by atoms with van der Waals surface area (Å²) >= 11 is 0. The molecular formula is C23H28N6O2. The third kappa shape index (κ3) is 5.96. The van der Waals surface area contributed by atoms with E-state index < -0.39 is 0 Å². The smallest absolute Gasteiger partial charge is 0.227 e. The van der Waals surface area contributed by atoms with Crippen molar-refractivity contribution in [2.75, 3.05) is 39.8 Å². The molecule has 8 heteroatoms. The number of carbonyl (C=O) groups excluding carboxylic acids is 1. The Hall–Kier alpha value is -3.10. The second-order valence-corrected chi connectivity index (χ2v) is 7.89. The normalized spacial score (nSPS) is 16.2. The van der Waals surface area contributed by atoms with E-state index in [0.29, 0.717) is 24.6 Å². The van der Waals surface area contributed by atoms with Gasteiger partial charge in [0.05, 0.1) is 6.04 Å². The zero-order valence-corrected chi connectivity index (χ0v) is 17.8. The molecule has 0 bridgehead atoms. The van der Waals surface area contributed by atoms with Crippen molar-refractivity contribution < 1.29 is 9.32 Å². The zero-order valence-electron chi connectivity index (χ0n) is 17.8. The van der Waals surface area contributed by atoms with Gasteiger partial charge in [-0.25, -0.2) is 0 Å². The van der Waals surface area contributed by atoms with Gasteiger partial charge in [-0.2, -0.15) is 4.98 Å². The van der Waals surface area contributed by atoms with E-state index in [4.69, 9.17) is 4.52 Å². The molecule has 1 saturated heterocycles. The first-order valence-corrected chi connectivity index (χ1v) is 10.7. The van der Waals surface area contributed by atoms with Crippen molar-refractivity contribution in [1.82, 2.24) is 30.2 Å². The van der Waals surface area contributed by atoms with E-state index in [1.807, 2.05) is 30.3 Å². The van der Waals surface area contributed by atoms with Gasteiger partial charge in [0.2, 0.25) is 17.6 Å². The summed E-state index contributed by atoms with van der Waals surface area (Å²) in [6.07, 6.45) is 4.07. The minimum absolute atomic E-state index is 0.0240. The lowest BCUT2D eigenvalue weighted by molar-refractivity contribution is -0.122. The maximum Gasteiger partial charge on any atom is 0.227 e. The first-order chi connectivity index (χ1) is 15.2. The highest BCUT2D eigenvalue weighted by Gasteiger charge is 2.21. The Labute approximate surface area is 182 Å². The standard InChI is InChI=1S/C23H28N6O2/c1-28-12-14-29(15-13-28)17-20(18-6-3-2-4-7-18)25-21(30)9-10-22-26-23(27-31-22)19-8-5-11-24-16-19/h2-8,11,16,20H,9-10,12-15,17H2,1H3,(H,25,30). The number of carbonyl (C=O) groups is 1. The Morgan fingerprint density at radius 3 is 2.68 bits per heavy atom. The van der Waals surface area contributed by atoms with Gasteiger partial charge in [0.15, 0.2) is 0 Å². The number of nitrogens with one attached hydrogen (secondary N) is 1. The molecule has 1 atom stereocenters. The highest BCUT2D eigenvalue weighted by molar-refractivity contribution is 5.76. The monoisotopic (exact) mass is 420 g/mol. The lowest BCUT2D eigenvalue weighted by Crippen LogP contribution is -2.47. The Morgan fingerprint density at radius 2 is 1.94 bits per heavy atom. The number of aromatic nitrogens is 3. The molecule has 0 radical (unpaired) electrons. The van der Waals surface area contributed by atoms with Crippen LogP contribution in [0.25, 0.3) is 11.4 Å². The molecule has 1 aromatic carbocycles. The molecule has 0 saturated carbocycles. The van der Waals surface area contributed by atoms with Gasteiger partial charge in [0.25, 0.3) is 0 Å². The van der Waals surface area contributed by atoms with E-state index >= 15 is 0 Å². The molecule has 31 heavy (non-hydrogen) atoms. The maximum atomic E-state index is 12.7. The molecule has 1 fully saturated rings. The quantitative estimate of drug-likeness (QED) is 0.598. The summed E-state index contributed by atoms with van der Waals surface area (Å²) in [7, 11) is 2.14. The van der Waals surface area contributed by atoms with Crippen molar-refractivity contribution >= 4 is 5.91 Å². The summed E-state index contributed by atoms with van der Waals surface area (Å²) in [5.74, 6) is 0.911. The third-order valence-corrected chi connectivity index (χ3v) is 5.53. The summed E-state index contributed by atoms with van der Waals surface area (Å²) in [6.45, 7) is 4.91. The molecule has 2 aromatic heterocycles. The van der Waals surface area contributed by atoms with Gasteiger partial charge in [-0.05, 0) is 24.7 Å². The van der Waals surface area contributed by atoms with Gasteiger partial charge in [-0.15, -0.1) is 0 Å². The highest BCUT2D eigenvalue weighted by atomic mass is 16.5. The summed E-state index contributed by atoms with van der Waals surface area (Å²) in [6, 6.07) is 13.8. The molecule has 4 rings (SSSR count). The number of hydrogen-bond acceptors (Lipinski definition) is 7. The number of piperazine rings is 1. The average molecular weight is 421 g/mol. The average Bonchev–Trinajstić information content (AvgIpc) is 3.29. The zero-order chi connectivity index (χ0) is 21.5. The van der Waals surface area contributed by atoms with Crippen molar-refractivity contribution in [3.63, 3.8) is 0 Å². The van der Waals surface area contributed by atoms with Crippen LogP contribution in [0.4, 0.5) is 0 Å². The van der Waals surface area contributed by atoms with Crippen LogP contribution in [-0.2, 0) is 11.2 Å². The van der Waals surface area contributed by atoms with Crippen LogP contribution in [0.5, 0.6) is 0 Å². The predicted octanol–water partition coefficient (Wildman–Crippen LogP) is 2.17. The molecule has 0 spiro atoms. The second-order valence-electron chi connectivity index (χ2n) is 7.89. The van der Waals surface area contributed by atoms with Crippen molar-refractivity contribution in [2.24, 2.45) is 0 Å². The molecule has 3 heterocycles. The summed E-state index contributed by atoms with van der Waals surface area (Å²) in [5, 5.41) is 7.19. The number of amides is 1. The number of benzene rings is 1. The minimum Gasteiger partial charge on any atom is -0.348 e. The molecule has 1 amide bonds. The van der Waals surface area contributed by atoms with Gasteiger partial charge in [0.1, 0.15) is 0 Å². The topological polar surface area (TPSA) is 87.4 Å². The molecule has 3 aromatic rings. The Bertz CT molecular complexity index is 954. The number of rotatable bonds is 8. The molecule has 1 unspecified atom stereocenters. The van der Waals surface area contributed by atoms with Gasteiger partial charge in [-0.3, -0.25) is 14.7 Å². The van der Waals surface area contributed by atoms with Crippen LogP contribution >= 0.6 is 0 Å². The summed E-state index contributed by atoms with van der Waals surface area (Å²) in [5.41, 5.74) is 1.91. The van der Waals surface area contributed by atoms with Crippen LogP contribution in [0.2, 0.25) is 0 Å². The molecule has 1 aliphatic rings. The maximum absolute atomic E-state index is 12.7. The number of pyridine rings is 1. The van der Waals surface area contributed by atoms with E-state index in [9.17, 15) is 4.79 Å². The lowest BCUT2D eigenvalue weighted by atomic mass is 10.1. The molecule has 1 aliphatic heterocycles. The van der Waals surface area contributed by atoms with Gasteiger partial charge < -0.3 is 14.7 Å². The van der Waals surface area contributed by atoms with Crippen LogP contribution in [0.15, 0.2) is 59.4 Å². The van der Waals surface area contributed by atoms with E-state index in [0.717, 1.165) is 43.9 Å². The predicted molar refractivity (Wildman–Crippen MR) is 117 cm³/mol. The number of likely N-dealkylation sites (N-methyl/N-ethyl adjacent to an activating group) is 1. The largest absolute Gasteiger partial charge is 0.348 e. The summed E-state index contributed by atoms with van der Waals surface area (Å²) in [4.78, 5) is 25.9. The molecule has 162 valence electrons. The van der Waals surface area contributed by atoms with Gasteiger partial charge in [0, 0.05) is 63.5 Å². The molecular weight excluding hydrogens is 392 g/mol. The lowest BCUT2D eigenvalue weighted by Gasteiger charge is -2.35. The van der Waals surface area contributed by atoms with Crippen molar-refractivity contribution in [1.29, 1.82) is 0 Å². The molecule has 8 nitrogen and oxygen atoms in total. The van der Waals surface area contributed by atoms with Crippen LogP contribution in [0.3, 0.4) is 0 Å². The Balaban J connectivity index is 1.34. The Kier molecular flexibility index (Phi) is 7.01. The summed E-state index contributed by atoms with van der Waals surface area (Å²) < 4.78 is 5.31. The minimum atomic E-state index is -0.0502. The van der Waals surface area contributed by atoms with Crippen molar-refractivity contribution in [3.05, 3.63) is 66.3 Å². The van der Waals surface area contributed by atoms with E-state index in [-0.39, 0.29) is 11.9 Å². The fraction of sp³-hybridized carbons (Fsp3) is 0.391. The fourth-order valence-corrected chi connectivity index (χ4v) is 3.66. The van der Waals surface area contributed by atoms with Gasteiger partial charge in [-0.1, -0.05) is 35.5 Å². The third-order valence-electron chi connectivity index (χ3n) is 5.53. The van der Waals surface area contributed by atoms with Crippen LogP contribution in [0.1, 0.15) is 23.9 Å². The van der Waals surface area contributed by atoms with Crippen LogP contribution < -0.4 is 5.32 Å². The Morgan fingerprint density at radius 1 is 1.13 bits per heavy atom.